The van der Waals surface area contributed by atoms with Gasteiger partial charge in [0.05, 0.1) is 0 Å². The van der Waals surface area contributed by atoms with Crippen molar-refractivity contribution in [1.82, 2.24) is 4.90 Å². The van der Waals surface area contributed by atoms with Crippen LogP contribution in [0.2, 0.25) is 0 Å². The van der Waals surface area contributed by atoms with Crippen molar-refractivity contribution in [2.24, 2.45) is 0 Å². The minimum Gasteiger partial charge on any atom is -0.306 e. The van der Waals surface area contributed by atoms with E-state index in [1.807, 2.05) is 13.8 Å². The van der Waals surface area contributed by atoms with Crippen molar-refractivity contribution < 1.29 is 0 Å². The molecular weight excluding hydrogens is 178 g/mol. The Hall–Kier alpha value is -0.340. The zero-order valence-corrected chi connectivity index (χ0v) is 10.2. The van der Waals surface area contributed by atoms with E-state index in [2.05, 4.69) is 42.7 Å². The van der Waals surface area contributed by atoms with Crippen LogP contribution in [0.15, 0.2) is 16.8 Å². The van der Waals surface area contributed by atoms with Gasteiger partial charge in [-0.05, 0) is 49.8 Å². The topological polar surface area (TPSA) is 3.24 Å². The molecule has 0 aliphatic carbocycles. The van der Waals surface area contributed by atoms with Crippen molar-refractivity contribution in [3.8, 4) is 0 Å². The molecule has 76 valence electrons. The average Bonchev–Trinajstić information content (AvgIpc) is 2.60. The highest BCUT2D eigenvalue weighted by Gasteiger charge is 2.04. The fourth-order valence-electron chi connectivity index (χ4n) is 0.932. The molecule has 0 fully saturated rings. The molecule has 0 N–H and O–H groups in total. The molecule has 1 atom stereocenters. The first-order chi connectivity index (χ1) is 6.20. The number of thiophene rings is 1. The van der Waals surface area contributed by atoms with Crippen LogP contribution in [-0.2, 0) is 6.42 Å². The summed E-state index contributed by atoms with van der Waals surface area (Å²) in [6, 6.07) is 2.84. The Morgan fingerprint density at radius 1 is 1.38 bits per heavy atom. The Morgan fingerprint density at radius 3 is 2.38 bits per heavy atom. The second-order valence-electron chi connectivity index (χ2n) is 3.15. The van der Waals surface area contributed by atoms with Gasteiger partial charge in [0.1, 0.15) is 0 Å². The first-order valence-corrected chi connectivity index (χ1v) is 5.82. The summed E-state index contributed by atoms with van der Waals surface area (Å²) < 4.78 is 0. The van der Waals surface area contributed by atoms with Crippen molar-refractivity contribution in [1.29, 1.82) is 0 Å². The van der Waals surface area contributed by atoms with E-state index < -0.39 is 0 Å². The molecule has 1 aromatic rings. The van der Waals surface area contributed by atoms with Crippen LogP contribution in [0.4, 0.5) is 0 Å². The van der Waals surface area contributed by atoms with E-state index in [1.54, 1.807) is 11.3 Å². The summed E-state index contributed by atoms with van der Waals surface area (Å²) in [4.78, 5) is 2.25. The smallest absolute Gasteiger partial charge is 0.0101 e. The summed E-state index contributed by atoms with van der Waals surface area (Å²) in [7, 11) is 4.24. The van der Waals surface area contributed by atoms with Gasteiger partial charge < -0.3 is 4.90 Å². The highest BCUT2D eigenvalue weighted by atomic mass is 32.1. The van der Waals surface area contributed by atoms with E-state index >= 15 is 0 Å². The largest absolute Gasteiger partial charge is 0.306 e. The zero-order valence-electron chi connectivity index (χ0n) is 9.37. The van der Waals surface area contributed by atoms with E-state index in [0.717, 1.165) is 6.42 Å². The normalized spacial score (nSPS) is 12.2. The lowest BCUT2D eigenvalue weighted by Gasteiger charge is -2.18. The van der Waals surface area contributed by atoms with Crippen LogP contribution in [0.3, 0.4) is 0 Å². The van der Waals surface area contributed by atoms with Crippen molar-refractivity contribution in [2.75, 3.05) is 14.1 Å². The Labute approximate surface area is 86.4 Å². The van der Waals surface area contributed by atoms with E-state index in [-0.39, 0.29) is 0 Å². The highest BCUT2D eigenvalue weighted by molar-refractivity contribution is 7.07. The van der Waals surface area contributed by atoms with Crippen LogP contribution >= 0.6 is 11.3 Å². The molecule has 0 aliphatic heterocycles. The van der Waals surface area contributed by atoms with Crippen molar-refractivity contribution in [2.45, 2.75) is 33.2 Å². The lowest BCUT2D eigenvalue weighted by Crippen LogP contribution is -2.26. The molecule has 0 spiro atoms. The molecule has 0 bridgehead atoms. The van der Waals surface area contributed by atoms with Crippen molar-refractivity contribution >= 4 is 11.3 Å². The number of hydrogen-bond acceptors (Lipinski definition) is 2. The molecule has 13 heavy (non-hydrogen) atoms. The molecule has 2 heteroatoms. The Balaban J connectivity index is 0.000000671. The summed E-state index contributed by atoms with van der Waals surface area (Å²) in [6.45, 7) is 6.25. The molecule has 0 aromatic carbocycles. The Bertz CT molecular complexity index is 192. The van der Waals surface area contributed by atoms with Gasteiger partial charge in [0.2, 0.25) is 0 Å². The molecule has 0 saturated heterocycles. The van der Waals surface area contributed by atoms with Crippen LogP contribution in [0.25, 0.3) is 0 Å². The molecule has 0 amide bonds. The van der Waals surface area contributed by atoms with E-state index in [0.29, 0.717) is 6.04 Å². The maximum Gasteiger partial charge on any atom is 0.0101 e. The summed E-state index contributed by atoms with van der Waals surface area (Å²) in [5.74, 6) is 0. The molecule has 0 aliphatic rings. The van der Waals surface area contributed by atoms with Gasteiger partial charge in [-0.3, -0.25) is 0 Å². The van der Waals surface area contributed by atoms with Gasteiger partial charge in [-0.2, -0.15) is 11.3 Å². The summed E-state index contributed by atoms with van der Waals surface area (Å²) in [5.41, 5.74) is 1.45. The van der Waals surface area contributed by atoms with Crippen LogP contribution in [-0.4, -0.2) is 25.0 Å². The summed E-state index contributed by atoms with van der Waals surface area (Å²) >= 11 is 1.77. The fraction of sp³-hybridized carbons (Fsp3) is 0.636. The third-order valence-corrected chi connectivity index (χ3v) is 2.72. The molecule has 1 rings (SSSR count). The molecule has 0 unspecified atom stereocenters. The molecule has 1 nitrogen and oxygen atoms in total. The lowest BCUT2D eigenvalue weighted by atomic mass is 10.1. The number of likely N-dealkylation sites (N-methyl/N-ethyl adjacent to an activating group) is 1. The first-order valence-electron chi connectivity index (χ1n) is 4.87. The van der Waals surface area contributed by atoms with Gasteiger partial charge in [-0.25, -0.2) is 0 Å². The van der Waals surface area contributed by atoms with Crippen molar-refractivity contribution in [3.63, 3.8) is 0 Å². The minimum absolute atomic E-state index is 0.643. The third-order valence-electron chi connectivity index (χ3n) is 1.99. The van der Waals surface area contributed by atoms with Gasteiger partial charge in [-0.1, -0.05) is 13.8 Å². The molecule has 1 aromatic heterocycles. The maximum absolute atomic E-state index is 2.25. The average molecular weight is 199 g/mol. The van der Waals surface area contributed by atoms with Crippen LogP contribution in [0, 0.1) is 0 Å². The van der Waals surface area contributed by atoms with Crippen molar-refractivity contribution in [3.05, 3.63) is 22.4 Å². The summed E-state index contributed by atoms with van der Waals surface area (Å²) in [5, 5.41) is 4.36. The van der Waals surface area contributed by atoms with E-state index in [4.69, 9.17) is 0 Å². The summed E-state index contributed by atoms with van der Waals surface area (Å²) in [6.07, 6.45) is 1.16. The van der Waals surface area contributed by atoms with E-state index in [9.17, 15) is 0 Å². The van der Waals surface area contributed by atoms with Gasteiger partial charge in [0.25, 0.3) is 0 Å². The third kappa shape index (κ3) is 5.06. The second-order valence-corrected chi connectivity index (χ2v) is 3.93. The standard InChI is InChI=1S/C9H15NS.C2H6/c1-8(10(2)3)6-9-4-5-11-7-9;1-2/h4-5,7-8H,6H2,1-3H3;1-2H3/t8-;/m1./s1. The quantitative estimate of drug-likeness (QED) is 0.722. The highest BCUT2D eigenvalue weighted by Crippen LogP contribution is 2.10. The van der Waals surface area contributed by atoms with E-state index in [1.165, 1.54) is 5.56 Å². The Kier molecular flexibility index (Phi) is 6.92. The van der Waals surface area contributed by atoms with Gasteiger partial charge in [0, 0.05) is 6.04 Å². The molecular formula is C11H21NS. The van der Waals surface area contributed by atoms with Crippen LogP contribution in [0.5, 0.6) is 0 Å². The van der Waals surface area contributed by atoms with Gasteiger partial charge in [-0.15, -0.1) is 0 Å². The van der Waals surface area contributed by atoms with Crippen LogP contribution < -0.4 is 0 Å². The number of nitrogens with zero attached hydrogens (tertiary/aromatic N) is 1. The first kappa shape index (κ1) is 12.7. The minimum atomic E-state index is 0.643. The zero-order chi connectivity index (χ0) is 10.3. The predicted octanol–water partition coefficient (Wildman–Crippen LogP) is 3.27. The number of hydrogen-bond donors (Lipinski definition) is 0. The van der Waals surface area contributed by atoms with Crippen LogP contribution in [0.1, 0.15) is 26.3 Å². The second kappa shape index (κ2) is 7.10. The maximum atomic E-state index is 2.25. The molecule has 0 saturated carbocycles. The molecule has 0 radical (unpaired) electrons. The van der Waals surface area contributed by atoms with Gasteiger partial charge >= 0.3 is 0 Å². The SMILES string of the molecule is CC.C[C@H](Cc1ccsc1)N(C)C. The number of rotatable bonds is 3. The predicted molar refractivity (Wildman–Crippen MR) is 62.5 cm³/mol. The monoisotopic (exact) mass is 199 g/mol. The van der Waals surface area contributed by atoms with Gasteiger partial charge in [0.15, 0.2) is 0 Å². The Morgan fingerprint density at radius 2 is 2.00 bits per heavy atom. The fourth-order valence-corrected chi connectivity index (χ4v) is 1.61. The lowest BCUT2D eigenvalue weighted by molar-refractivity contribution is 0.312. The molecule has 1 heterocycles.